The van der Waals surface area contributed by atoms with Gasteiger partial charge in [-0.05, 0) is 19.8 Å². The van der Waals surface area contributed by atoms with Gasteiger partial charge >= 0.3 is 0 Å². The van der Waals surface area contributed by atoms with E-state index in [0.717, 1.165) is 25.7 Å². The number of carbonyl (C=O) groups is 1. The first-order valence-corrected chi connectivity index (χ1v) is 12.6. The number of carbonyl (C=O) groups excluding carboxylic acids is 1. The van der Waals surface area contributed by atoms with Gasteiger partial charge in [-0.2, -0.15) is 0 Å². The monoisotopic (exact) mass is 397 g/mol. The second-order valence-electron chi connectivity index (χ2n) is 8.77. The van der Waals surface area contributed by atoms with Crippen molar-refractivity contribution in [1.29, 1.82) is 0 Å². The second kappa shape index (κ2) is 21.1. The smallest absolute Gasteiger partial charge is 0.220 e. The molecule has 0 fully saturated rings. The van der Waals surface area contributed by atoms with Crippen LogP contribution in [0.5, 0.6) is 0 Å². The lowest BCUT2D eigenvalue weighted by Crippen LogP contribution is -2.41. The summed E-state index contributed by atoms with van der Waals surface area (Å²) in [5.74, 6) is 0.0951. The summed E-state index contributed by atoms with van der Waals surface area (Å²) in [7, 11) is 0. The average Bonchev–Trinajstić information content (AvgIpc) is 2.68. The van der Waals surface area contributed by atoms with Gasteiger partial charge in [0.15, 0.2) is 0 Å². The molecule has 0 aromatic carbocycles. The summed E-state index contributed by atoms with van der Waals surface area (Å²) in [6.07, 6.45) is 22.8. The van der Waals surface area contributed by atoms with Gasteiger partial charge in [0.25, 0.3) is 0 Å². The zero-order valence-corrected chi connectivity index (χ0v) is 19.4. The van der Waals surface area contributed by atoms with E-state index in [9.17, 15) is 9.90 Å². The molecule has 0 aliphatic carbocycles. The Hall–Kier alpha value is -0.570. The maximum atomic E-state index is 11.9. The van der Waals surface area contributed by atoms with Crippen molar-refractivity contribution in [1.82, 2.24) is 5.32 Å². The van der Waals surface area contributed by atoms with E-state index in [-0.39, 0.29) is 11.9 Å². The maximum Gasteiger partial charge on any atom is 0.220 e. The molecule has 0 rings (SSSR count). The summed E-state index contributed by atoms with van der Waals surface area (Å²) in [4.78, 5) is 11.9. The van der Waals surface area contributed by atoms with Gasteiger partial charge in [-0.3, -0.25) is 4.79 Å². The molecule has 3 nitrogen and oxygen atoms in total. The van der Waals surface area contributed by atoms with Crippen LogP contribution in [0.4, 0.5) is 0 Å². The Morgan fingerprint density at radius 2 is 1.07 bits per heavy atom. The molecule has 1 amide bonds. The number of amides is 1. The molecule has 0 bridgehead atoms. The van der Waals surface area contributed by atoms with Crippen molar-refractivity contribution in [3.8, 4) is 0 Å². The van der Waals surface area contributed by atoms with Crippen LogP contribution in [-0.4, -0.2) is 23.2 Å². The normalized spacial score (nSPS) is 13.4. The third-order valence-electron chi connectivity index (χ3n) is 5.83. The van der Waals surface area contributed by atoms with E-state index in [1.807, 2.05) is 6.92 Å². The van der Waals surface area contributed by atoms with E-state index in [4.69, 9.17) is 0 Å². The number of hydrogen-bond acceptors (Lipinski definition) is 2. The molecule has 0 heterocycles. The standard InChI is InChI=1S/C25H51NO2/c1-4-6-8-10-11-12-13-14-15-16-18-19-21-24(27)23(3)26-25(28)22-20-17-9-7-5-2/h23-24,27H,4-22H2,1-3H3,(H,26,28)/t23-,24+/m0/s1. The zero-order valence-electron chi connectivity index (χ0n) is 19.4. The Morgan fingerprint density at radius 3 is 1.54 bits per heavy atom. The van der Waals surface area contributed by atoms with Gasteiger partial charge < -0.3 is 10.4 Å². The molecule has 0 aliphatic rings. The van der Waals surface area contributed by atoms with Crippen LogP contribution in [0, 0.1) is 0 Å². The summed E-state index contributed by atoms with van der Waals surface area (Å²) in [6, 6.07) is -0.129. The highest BCUT2D eigenvalue weighted by atomic mass is 16.3. The Bertz CT molecular complexity index is 333. The number of rotatable bonds is 21. The summed E-state index contributed by atoms with van der Waals surface area (Å²) in [5.41, 5.74) is 0. The molecule has 0 aliphatic heterocycles. The lowest BCUT2D eigenvalue weighted by atomic mass is 10.0. The van der Waals surface area contributed by atoms with Crippen molar-refractivity contribution in [3.05, 3.63) is 0 Å². The van der Waals surface area contributed by atoms with Crippen LogP contribution in [-0.2, 0) is 4.79 Å². The molecule has 168 valence electrons. The average molecular weight is 398 g/mol. The van der Waals surface area contributed by atoms with Gasteiger partial charge in [0.1, 0.15) is 0 Å². The zero-order chi connectivity index (χ0) is 20.9. The molecule has 0 spiro atoms. The number of nitrogens with one attached hydrogen (secondary N) is 1. The molecular weight excluding hydrogens is 346 g/mol. The van der Waals surface area contributed by atoms with Crippen LogP contribution >= 0.6 is 0 Å². The third-order valence-corrected chi connectivity index (χ3v) is 5.83. The number of aliphatic hydroxyl groups excluding tert-OH is 1. The van der Waals surface area contributed by atoms with Crippen molar-refractivity contribution < 1.29 is 9.90 Å². The van der Waals surface area contributed by atoms with E-state index in [1.54, 1.807) is 0 Å². The minimum absolute atomic E-state index is 0.0951. The van der Waals surface area contributed by atoms with E-state index in [1.165, 1.54) is 89.9 Å². The highest BCUT2D eigenvalue weighted by molar-refractivity contribution is 5.76. The predicted octanol–water partition coefficient (Wildman–Crippen LogP) is 7.30. The van der Waals surface area contributed by atoms with Crippen molar-refractivity contribution in [2.24, 2.45) is 0 Å². The van der Waals surface area contributed by atoms with Crippen LogP contribution in [0.1, 0.15) is 143 Å². The fourth-order valence-electron chi connectivity index (χ4n) is 3.76. The molecule has 2 N–H and O–H groups in total. The van der Waals surface area contributed by atoms with Gasteiger partial charge in [0, 0.05) is 6.42 Å². The minimum Gasteiger partial charge on any atom is -0.391 e. The van der Waals surface area contributed by atoms with Gasteiger partial charge in [-0.1, -0.05) is 117 Å². The summed E-state index contributed by atoms with van der Waals surface area (Å²) in [5, 5.41) is 13.2. The quantitative estimate of drug-likeness (QED) is 0.200. The van der Waals surface area contributed by atoms with Crippen molar-refractivity contribution in [2.75, 3.05) is 0 Å². The Balaban J connectivity index is 3.45. The fraction of sp³-hybridized carbons (Fsp3) is 0.960. The first kappa shape index (κ1) is 27.4. The van der Waals surface area contributed by atoms with Crippen LogP contribution in [0.2, 0.25) is 0 Å². The highest BCUT2D eigenvalue weighted by Gasteiger charge is 2.15. The predicted molar refractivity (Wildman–Crippen MR) is 123 cm³/mol. The highest BCUT2D eigenvalue weighted by Crippen LogP contribution is 2.14. The minimum atomic E-state index is -0.410. The summed E-state index contributed by atoms with van der Waals surface area (Å²) >= 11 is 0. The van der Waals surface area contributed by atoms with Crippen molar-refractivity contribution in [2.45, 2.75) is 155 Å². The van der Waals surface area contributed by atoms with E-state index in [2.05, 4.69) is 19.2 Å². The molecule has 3 heteroatoms. The van der Waals surface area contributed by atoms with E-state index >= 15 is 0 Å². The summed E-state index contributed by atoms with van der Waals surface area (Å²) < 4.78 is 0. The Morgan fingerprint density at radius 1 is 0.679 bits per heavy atom. The molecule has 0 aromatic rings. The fourth-order valence-corrected chi connectivity index (χ4v) is 3.76. The molecule has 28 heavy (non-hydrogen) atoms. The summed E-state index contributed by atoms with van der Waals surface area (Å²) in [6.45, 7) is 6.40. The molecule has 0 saturated heterocycles. The number of aliphatic hydroxyl groups is 1. The van der Waals surface area contributed by atoms with Crippen LogP contribution in [0.3, 0.4) is 0 Å². The molecule has 0 aromatic heterocycles. The molecule has 0 radical (unpaired) electrons. The first-order chi connectivity index (χ1) is 13.6. The van der Waals surface area contributed by atoms with Crippen molar-refractivity contribution in [3.63, 3.8) is 0 Å². The maximum absolute atomic E-state index is 11.9. The third kappa shape index (κ3) is 18.8. The van der Waals surface area contributed by atoms with Gasteiger partial charge in [0.05, 0.1) is 12.1 Å². The lowest BCUT2D eigenvalue weighted by Gasteiger charge is -2.20. The van der Waals surface area contributed by atoms with Gasteiger partial charge in [0.2, 0.25) is 5.91 Å². The molecule has 0 unspecified atom stereocenters. The Kier molecular flexibility index (Phi) is 20.7. The van der Waals surface area contributed by atoms with Crippen LogP contribution < -0.4 is 5.32 Å². The number of hydrogen-bond donors (Lipinski definition) is 2. The topological polar surface area (TPSA) is 49.3 Å². The van der Waals surface area contributed by atoms with E-state index < -0.39 is 6.10 Å². The SMILES string of the molecule is CCCCCCCCCCCCCC[C@@H](O)[C@H](C)NC(=O)CCCCCCC. The van der Waals surface area contributed by atoms with Gasteiger partial charge in [-0.25, -0.2) is 0 Å². The largest absolute Gasteiger partial charge is 0.391 e. The van der Waals surface area contributed by atoms with E-state index in [0.29, 0.717) is 6.42 Å². The number of unbranched alkanes of at least 4 members (excludes halogenated alkanes) is 15. The first-order valence-electron chi connectivity index (χ1n) is 12.6. The van der Waals surface area contributed by atoms with Crippen LogP contribution in [0.15, 0.2) is 0 Å². The molecule has 2 atom stereocenters. The van der Waals surface area contributed by atoms with Crippen LogP contribution in [0.25, 0.3) is 0 Å². The van der Waals surface area contributed by atoms with Crippen molar-refractivity contribution >= 4 is 5.91 Å². The van der Waals surface area contributed by atoms with Gasteiger partial charge in [-0.15, -0.1) is 0 Å². The second-order valence-corrected chi connectivity index (χ2v) is 8.77. The Labute approximate surface area is 176 Å². The molecular formula is C25H51NO2. The molecule has 0 saturated carbocycles. The lowest BCUT2D eigenvalue weighted by molar-refractivity contribution is -0.122.